The number of anilines is 2. The molecule has 0 spiro atoms. The molecule has 1 rings (SSSR count). The van der Waals surface area contributed by atoms with Crippen LogP contribution in [0, 0.1) is 0 Å². The van der Waals surface area contributed by atoms with Gasteiger partial charge in [-0.25, -0.2) is 4.98 Å². The summed E-state index contributed by atoms with van der Waals surface area (Å²) in [5, 5.41) is 5.50. The van der Waals surface area contributed by atoms with E-state index >= 15 is 0 Å². The molecule has 0 saturated heterocycles. The van der Waals surface area contributed by atoms with Gasteiger partial charge >= 0.3 is 0 Å². The second kappa shape index (κ2) is 5.31. The van der Waals surface area contributed by atoms with E-state index in [0.29, 0.717) is 12.2 Å². The zero-order chi connectivity index (χ0) is 11.3. The molecule has 0 atom stereocenters. The van der Waals surface area contributed by atoms with Crippen molar-refractivity contribution in [2.45, 2.75) is 0 Å². The lowest BCUT2D eigenvalue weighted by atomic mass is 10.4. The first-order chi connectivity index (χ1) is 7.13. The number of rotatable bonds is 4. The first kappa shape index (κ1) is 11.5. The molecule has 15 heavy (non-hydrogen) atoms. The van der Waals surface area contributed by atoms with E-state index in [9.17, 15) is 4.79 Å². The Labute approximate surface area is 89.5 Å². The number of likely N-dealkylation sites (N-methyl/N-ethyl adjacent to an activating group) is 1. The van der Waals surface area contributed by atoms with E-state index < -0.39 is 0 Å². The van der Waals surface area contributed by atoms with Gasteiger partial charge in [-0.1, -0.05) is 0 Å². The Morgan fingerprint density at radius 1 is 1.47 bits per heavy atom. The summed E-state index contributed by atoms with van der Waals surface area (Å²) in [5.41, 5.74) is 0.709. The number of carbonyl (C=O) groups is 1. The summed E-state index contributed by atoms with van der Waals surface area (Å²) in [5.74, 6) is 0.790. The van der Waals surface area contributed by atoms with Crippen LogP contribution in [0.2, 0.25) is 0 Å². The summed E-state index contributed by atoms with van der Waals surface area (Å²) in [7, 11) is 5.57. The highest BCUT2D eigenvalue weighted by Crippen LogP contribution is 2.11. The van der Waals surface area contributed by atoms with Crippen molar-refractivity contribution in [2.24, 2.45) is 0 Å². The van der Waals surface area contributed by atoms with Crippen LogP contribution in [0.1, 0.15) is 0 Å². The Hall–Kier alpha value is -1.62. The van der Waals surface area contributed by atoms with Gasteiger partial charge < -0.3 is 15.5 Å². The highest BCUT2D eigenvalue weighted by molar-refractivity contribution is 5.92. The van der Waals surface area contributed by atoms with Gasteiger partial charge in [-0.3, -0.25) is 4.79 Å². The lowest BCUT2D eigenvalue weighted by Crippen LogP contribution is -2.25. The molecule has 0 aliphatic carbocycles. The average Bonchev–Trinajstić information content (AvgIpc) is 2.18. The molecule has 0 aliphatic heterocycles. The van der Waals surface area contributed by atoms with Gasteiger partial charge in [-0.15, -0.1) is 0 Å². The Morgan fingerprint density at radius 3 is 2.67 bits per heavy atom. The number of hydrogen-bond acceptors (Lipinski definition) is 4. The number of amides is 1. The second-order valence-electron chi connectivity index (χ2n) is 3.38. The van der Waals surface area contributed by atoms with E-state index in [0.717, 1.165) is 5.82 Å². The van der Waals surface area contributed by atoms with Gasteiger partial charge in [-0.2, -0.15) is 0 Å². The van der Waals surface area contributed by atoms with Crippen LogP contribution in [0.4, 0.5) is 11.5 Å². The third kappa shape index (κ3) is 3.55. The molecule has 0 radical (unpaired) electrons. The molecule has 0 bridgehead atoms. The minimum absolute atomic E-state index is 0.0723. The monoisotopic (exact) mass is 208 g/mol. The van der Waals surface area contributed by atoms with Gasteiger partial charge in [0.25, 0.3) is 0 Å². The summed E-state index contributed by atoms with van der Waals surface area (Å²) >= 11 is 0. The molecule has 1 aromatic rings. The fourth-order valence-corrected chi connectivity index (χ4v) is 1.09. The molecule has 1 amide bonds. The van der Waals surface area contributed by atoms with Crippen LogP contribution in [0.3, 0.4) is 0 Å². The van der Waals surface area contributed by atoms with Gasteiger partial charge in [0, 0.05) is 14.1 Å². The maximum Gasteiger partial charge on any atom is 0.238 e. The lowest BCUT2D eigenvalue weighted by Gasteiger charge is -2.11. The maximum absolute atomic E-state index is 11.2. The van der Waals surface area contributed by atoms with E-state index in [1.807, 2.05) is 31.1 Å². The SMILES string of the molecule is CNCC(=O)Nc1ccc(N(C)C)nc1. The minimum Gasteiger partial charge on any atom is -0.363 e. The van der Waals surface area contributed by atoms with Crippen molar-refractivity contribution in [1.82, 2.24) is 10.3 Å². The summed E-state index contributed by atoms with van der Waals surface area (Å²) in [6.07, 6.45) is 1.64. The number of aromatic nitrogens is 1. The number of pyridine rings is 1. The Kier molecular flexibility index (Phi) is 4.05. The molecule has 5 heteroatoms. The lowest BCUT2D eigenvalue weighted by molar-refractivity contribution is -0.115. The molecule has 5 nitrogen and oxygen atoms in total. The molecule has 2 N–H and O–H groups in total. The smallest absolute Gasteiger partial charge is 0.238 e. The summed E-state index contributed by atoms with van der Waals surface area (Å²) in [6, 6.07) is 3.69. The molecule has 0 aromatic carbocycles. The van der Waals surface area contributed by atoms with Crippen molar-refractivity contribution in [3.05, 3.63) is 18.3 Å². The summed E-state index contributed by atoms with van der Waals surface area (Å²) in [6.45, 7) is 0.301. The van der Waals surface area contributed by atoms with Crippen molar-refractivity contribution in [3.8, 4) is 0 Å². The molecule has 1 aromatic heterocycles. The minimum atomic E-state index is -0.0723. The zero-order valence-corrected chi connectivity index (χ0v) is 9.24. The van der Waals surface area contributed by atoms with Crippen LogP contribution in [0.25, 0.3) is 0 Å². The Bertz CT molecular complexity index is 321. The average molecular weight is 208 g/mol. The molecule has 0 unspecified atom stereocenters. The molecule has 0 saturated carbocycles. The van der Waals surface area contributed by atoms with E-state index in [2.05, 4.69) is 15.6 Å². The quantitative estimate of drug-likeness (QED) is 0.747. The summed E-state index contributed by atoms with van der Waals surface area (Å²) < 4.78 is 0. The topological polar surface area (TPSA) is 57.3 Å². The normalized spacial score (nSPS) is 9.80. The van der Waals surface area contributed by atoms with Crippen molar-refractivity contribution < 1.29 is 4.79 Å². The van der Waals surface area contributed by atoms with Crippen molar-refractivity contribution in [1.29, 1.82) is 0 Å². The number of nitrogens with one attached hydrogen (secondary N) is 2. The standard InChI is InChI=1S/C10H16N4O/c1-11-7-10(15)13-8-4-5-9(12-6-8)14(2)3/h4-6,11H,7H2,1-3H3,(H,13,15). The van der Waals surface area contributed by atoms with Crippen LogP contribution >= 0.6 is 0 Å². The van der Waals surface area contributed by atoms with Crippen LogP contribution in [-0.2, 0) is 4.79 Å². The van der Waals surface area contributed by atoms with E-state index in [1.165, 1.54) is 0 Å². The Balaban J connectivity index is 2.60. The highest BCUT2D eigenvalue weighted by Gasteiger charge is 2.01. The fourth-order valence-electron chi connectivity index (χ4n) is 1.09. The van der Waals surface area contributed by atoms with Gasteiger partial charge in [0.15, 0.2) is 0 Å². The third-order valence-electron chi connectivity index (χ3n) is 1.83. The van der Waals surface area contributed by atoms with Gasteiger partial charge in [0.05, 0.1) is 18.4 Å². The van der Waals surface area contributed by atoms with Gasteiger partial charge in [0.1, 0.15) is 5.82 Å². The predicted molar refractivity (Wildman–Crippen MR) is 61.1 cm³/mol. The predicted octanol–water partition coefficient (Wildman–Crippen LogP) is 0.305. The van der Waals surface area contributed by atoms with Crippen molar-refractivity contribution in [2.75, 3.05) is 37.9 Å². The Morgan fingerprint density at radius 2 is 2.20 bits per heavy atom. The van der Waals surface area contributed by atoms with Crippen LogP contribution < -0.4 is 15.5 Å². The van der Waals surface area contributed by atoms with Gasteiger partial charge in [0.2, 0.25) is 5.91 Å². The van der Waals surface area contributed by atoms with E-state index in [-0.39, 0.29) is 5.91 Å². The summed E-state index contributed by atoms with van der Waals surface area (Å²) in [4.78, 5) is 17.3. The second-order valence-corrected chi connectivity index (χ2v) is 3.38. The van der Waals surface area contributed by atoms with E-state index in [1.54, 1.807) is 13.2 Å². The number of nitrogens with zero attached hydrogens (tertiary/aromatic N) is 2. The highest BCUT2D eigenvalue weighted by atomic mass is 16.1. The number of hydrogen-bond donors (Lipinski definition) is 2. The molecular formula is C10H16N4O. The first-order valence-electron chi connectivity index (χ1n) is 4.71. The van der Waals surface area contributed by atoms with Crippen molar-refractivity contribution in [3.63, 3.8) is 0 Å². The molecule has 0 aliphatic rings. The molecule has 82 valence electrons. The third-order valence-corrected chi connectivity index (χ3v) is 1.83. The van der Waals surface area contributed by atoms with Crippen molar-refractivity contribution >= 4 is 17.4 Å². The van der Waals surface area contributed by atoms with Crippen LogP contribution in [-0.4, -0.2) is 38.6 Å². The first-order valence-corrected chi connectivity index (χ1v) is 4.71. The number of carbonyl (C=O) groups excluding carboxylic acids is 1. The van der Waals surface area contributed by atoms with Crippen LogP contribution in [0.15, 0.2) is 18.3 Å². The fraction of sp³-hybridized carbons (Fsp3) is 0.400. The molecular weight excluding hydrogens is 192 g/mol. The maximum atomic E-state index is 11.2. The molecule has 1 heterocycles. The molecule has 0 fully saturated rings. The van der Waals surface area contributed by atoms with Gasteiger partial charge in [-0.05, 0) is 19.2 Å². The van der Waals surface area contributed by atoms with Crippen LogP contribution in [0.5, 0.6) is 0 Å². The van der Waals surface area contributed by atoms with E-state index in [4.69, 9.17) is 0 Å². The zero-order valence-electron chi connectivity index (χ0n) is 9.24. The largest absolute Gasteiger partial charge is 0.363 e.